The Balaban J connectivity index is 0. The Labute approximate surface area is 127 Å². The maximum absolute atomic E-state index is 2.99. The maximum Gasteiger partial charge on any atom is 0 e. The van der Waals surface area contributed by atoms with Gasteiger partial charge in [0.1, 0.15) is 0 Å². The Bertz CT molecular complexity index is 207. The molecule has 94 valence electrons. The summed E-state index contributed by atoms with van der Waals surface area (Å²) in [6.45, 7) is 0. The van der Waals surface area contributed by atoms with Gasteiger partial charge in [-0.15, -0.1) is 12.8 Å². The molecule has 0 unspecified atom stereocenters. The van der Waals surface area contributed by atoms with Crippen LogP contribution in [0.25, 0.3) is 0 Å². The average molecular weight is 393 g/mol. The second kappa shape index (κ2) is 13.9. The minimum absolute atomic E-state index is 0. The smallest absolute Gasteiger partial charge is 0 e. The van der Waals surface area contributed by atoms with Crippen molar-refractivity contribution in [1.82, 2.24) is 0 Å². The third-order valence-electron chi connectivity index (χ3n) is 2.49. The topological polar surface area (TPSA) is 0 Å². The van der Waals surface area contributed by atoms with E-state index in [2.05, 4.69) is 30.7 Å². The minimum atomic E-state index is 0. The molecule has 0 aliphatic heterocycles. The van der Waals surface area contributed by atoms with Crippen LogP contribution in [0.1, 0.15) is 46.4 Å². The maximum atomic E-state index is 2.99. The molecule has 0 aromatic rings. The molecule has 3 aliphatic rings. The third-order valence-corrected chi connectivity index (χ3v) is 2.49. The van der Waals surface area contributed by atoms with Gasteiger partial charge in [-0.2, -0.15) is 25.0 Å². The Morgan fingerprint density at radius 2 is 1.35 bits per heavy atom. The molecule has 3 rings (SSSR count). The van der Waals surface area contributed by atoms with Gasteiger partial charge >= 0.3 is 0 Å². The molecule has 0 N–H and O–H groups in total. The predicted molar refractivity (Wildman–Crippen MR) is 71.6 cm³/mol. The minimum Gasteiger partial charge on any atom is -1.00 e. The first kappa shape index (κ1) is 16.8. The van der Waals surface area contributed by atoms with Crippen LogP contribution in [0.5, 0.6) is 0 Å². The summed E-state index contributed by atoms with van der Waals surface area (Å²) in [7, 11) is 0. The first-order valence-corrected chi connectivity index (χ1v) is 6.25. The second-order valence-corrected chi connectivity index (χ2v) is 3.93. The Morgan fingerprint density at radius 1 is 0.824 bits per heavy atom. The summed E-state index contributed by atoms with van der Waals surface area (Å²) in [4.78, 5) is 0. The van der Waals surface area contributed by atoms with Crippen LogP contribution in [-0.2, 0) is 25.8 Å². The second-order valence-electron chi connectivity index (χ2n) is 3.93. The van der Waals surface area contributed by atoms with E-state index in [-0.39, 0.29) is 27.3 Å². The van der Waals surface area contributed by atoms with Crippen LogP contribution in [0.15, 0.2) is 36.5 Å². The molecule has 17 heavy (non-hydrogen) atoms. The summed E-state index contributed by atoms with van der Waals surface area (Å²) in [5.41, 5.74) is 0. The first-order valence-electron chi connectivity index (χ1n) is 6.25. The summed E-state index contributed by atoms with van der Waals surface area (Å²) in [5.74, 6) is 0. The van der Waals surface area contributed by atoms with E-state index in [9.17, 15) is 0 Å². The van der Waals surface area contributed by atoms with Gasteiger partial charge in [0.15, 0.2) is 0 Å². The van der Waals surface area contributed by atoms with Gasteiger partial charge in [0, 0.05) is 25.8 Å². The van der Waals surface area contributed by atoms with Crippen molar-refractivity contribution in [2.24, 2.45) is 0 Å². The van der Waals surface area contributed by atoms with E-state index in [1.165, 1.54) is 32.1 Å². The molecule has 0 nitrogen and oxygen atoms in total. The van der Waals surface area contributed by atoms with E-state index in [0.29, 0.717) is 0 Å². The van der Waals surface area contributed by atoms with Gasteiger partial charge in [-0.1, -0.05) is 19.3 Å². The molecule has 0 radical (unpaired) electrons. The molecule has 0 bridgehead atoms. The summed E-state index contributed by atoms with van der Waals surface area (Å²) in [6, 6.07) is 0. The average Bonchev–Trinajstić information content (AvgIpc) is 3.10. The monoisotopic (exact) mass is 394 g/mol. The largest absolute Gasteiger partial charge is 1.00 e. The summed E-state index contributed by atoms with van der Waals surface area (Å²) < 4.78 is 0. The van der Waals surface area contributed by atoms with E-state index >= 15 is 0 Å². The van der Waals surface area contributed by atoms with E-state index in [4.69, 9.17) is 0 Å². The fraction of sp³-hybridized carbons (Fsp3) is 0.438. The number of hydrogen-bond acceptors (Lipinski definition) is 0. The Kier molecular flexibility index (Phi) is 13.8. The molecule has 1 heteroatoms. The van der Waals surface area contributed by atoms with E-state index in [0.717, 1.165) is 12.8 Å². The van der Waals surface area contributed by atoms with Crippen LogP contribution in [0, 0.1) is 18.6 Å². The van der Waals surface area contributed by atoms with Crippen molar-refractivity contribution in [3.63, 3.8) is 0 Å². The fourth-order valence-electron chi connectivity index (χ4n) is 1.58. The van der Waals surface area contributed by atoms with E-state index < -0.39 is 0 Å². The van der Waals surface area contributed by atoms with Crippen molar-refractivity contribution in [1.29, 1.82) is 0 Å². The van der Waals surface area contributed by atoms with Gasteiger partial charge in [-0.05, 0) is 0 Å². The first-order chi connectivity index (χ1) is 8.00. The normalized spacial score (nSPS) is 18.8. The van der Waals surface area contributed by atoms with Crippen molar-refractivity contribution in [2.45, 2.75) is 44.9 Å². The van der Waals surface area contributed by atoms with Gasteiger partial charge in [-0.25, -0.2) is 24.3 Å². The van der Waals surface area contributed by atoms with E-state index in [1.54, 1.807) is 0 Å². The van der Waals surface area contributed by atoms with Crippen molar-refractivity contribution in [3.05, 3.63) is 55.0 Å². The van der Waals surface area contributed by atoms with Crippen LogP contribution in [0.3, 0.4) is 0 Å². The molecule has 0 heterocycles. The molecule has 3 aliphatic carbocycles. The molecular weight excluding hydrogens is 371 g/mol. The van der Waals surface area contributed by atoms with E-state index in [1.807, 2.05) is 24.3 Å². The fourth-order valence-corrected chi connectivity index (χ4v) is 1.58. The Hall–Kier alpha value is -0.170. The zero-order valence-electron chi connectivity index (χ0n) is 11.5. The summed E-state index contributed by atoms with van der Waals surface area (Å²) >= 11 is 0. The van der Waals surface area contributed by atoms with Crippen molar-refractivity contribution >= 4 is 0 Å². The Morgan fingerprint density at radius 3 is 1.47 bits per heavy atom. The molecule has 0 amide bonds. The number of allylic oxidation sites excluding steroid dienone is 8. The number of hydrogen-bond donors (Lipinski definition) is 0. The predicted octanol–water partition coefficient (Wildman–Crippen LogP) is 4.88. The standard InChI is InChI=1S/C6H11.2C5H5.Hf.H/c1-2-4-6-5-3-1;2*1-2-4-5-3-1;;/h1H,2-6H2;2*1-3H,4H2;;/q3*-1;;-1. The van der Waals surface area contributed by atoms with Crippen LogP contribution in [0.2, 0.25) is 0 Å². The van der Waals surface area contributed by atoms with Gasteiger partial charge in [0.25, 0.3) is 0 Å². The molecule has 0 atom stereocenters. The quantitative estimate of drug-likeness (QED) is 0.407. The van der Waals surface area contributed by atoms with Crippen LogP contribution in [0.4, 0.5) is 0 Å². The molecule has 0 aromatic carbocycles. The summed E-state index contributed by atoms with van der Waals surface area (Å²) in [5, 5.41) is 0. The van der Waals surface area contributed by atoms with Crippen LogP contribution >= 0.6 is 0 Å². The zero-order chi connectivity index (χ0) is 11.3. The van der Waals surface area contributed by atoms with Crippen LogP contribution in [-0.4, -0.2) is 0 Å². The number of rotatable bonds is 0. The van der Waals surface area contributed by atoms with Gasteiger partial charge in [0.05, 0.1) is 0 Å². The summed E-state index contributed by atoms with van der Waals surface area (Å²) in [6.07, 6.45) is 29.5. The SMILES string of the molecule is [C-]1=CC=CC1.[C-]1=CC=CC1.[CH-]1CCCCC1.[H-].[Hf]. The molecule has 0 aromatic heterocycles. The van der Waals surface area contributed by atoms with Gasteiger partial charge < -0.3 is 7.85 Å². The molecule has 0 spiro atoms. The molecule has 1 fully saturated rings. The van der Waals surface area contributed by atoms with Gasteiger partial charge in [-0.3, -0.25) is 12.2 Å². The molecule has 0 saturated heterocycles. The zero-order valence-corrected chi connectivity index (χ0v) is 14.1. The van der Waals surface area contributed by atoms with Crippen molar-refractivity contribution in [3.8, 4) is 0 Å². The molecular formula is C16H22Hf-4. The third kappa shape index (κ3) is 12.1. The van der Waals surface area contributed by atoms with Crippen LogP contribution < -0.4 is 0 Å². The van der Waals surface area contributed by atoms with Gasteiger partial charge in [0.2, 0.25) is 0 Å². The molecule has 1 saturated carbocycles. The van der Waals surface area contributed by atoms with Crippen molar-refractivity contribution < 1.29 is 27.3 Å². The van der Waals surface area contributed by atoms with Crippen molar-refractivity contribution in [2.75, 3.05) is 0 Å².